The van der Waals surface area contributed by atoms with E-state index in [1.54, 1.807) is 11.3 Å². The molecule has 1 aliphatic rings. The summed E-state index contributed by atoms with van der Waals surface area (Å²) < 4.78 is 41.1. The number of benzene rings is 2. The number of nitrogens with one attached hydrogen (secondary N) is 1. The summed E-state index contributed by atoms with van der Waals surface area (Å²) in [5.74, 6) is -0.456. The van der Waals surface area contributed by atoms with Crippen molar-refractivity contribution in [1.29, 1.82) is 0 Å². The van der Waals surface area contributed by atoms with Gasteiger partial charge in [0.05, 0.1) is 4.90 Å². The van der Waals surface area contributed by atoms with E-state index in [9.17, 15) is 12.8 Å². The van der Waals surface area contributed by atoms with Crippen molar-refractivity contribution < 1.29 is 12.8 Å². The van der Waals surface area contributed by atoms with E-state index in [-0.39, 0.29) is 17.5 Å². The lowest BCUT2D eigenvalue weighted by Crippen LogP contribution is -2.40. The molecule has 1 aromatic heterocycles. The Morgan fingerprint density at radius 1 is 1.07 bits per heavy atom. The van der Waals surface area contributed by atoms with Gasteiger partial charge in [-0.15, -0.1) is 0 Å². The van der Waals surface area contributed by atoms with E-state index in [2.05, 4.69) is 33.2 Å². The van der Waals surface area contributed by atoms with E-state index < -0.39 is 15.8 Å². The molecule has 1 unspecified atom stereocenters. The molecular weight excluding hydrogens is 395 g/mol. The highest BCUT2D eigenvalue weighted by Crippen LogP contribution is 2.29. The van der Waals surface area contributed by atoms with Crippen molar-refractivity contribution in [2.75, 3.05) is 13.1 Å². The molecule has 0 bridgehead atoms. The van der Waals surface area contributed by atoms with Gasteiger partial charge >= 0.3 is 0 Å². The van der Waals surface area contributed by atoms with Crippen LogP contribution in [0.15, 0.2) is 70.3 Å². The summed E-state index contributed by atoms with van der Waals surface area (Å²) in [7, 11) is -3.70. The monoisotopic (exact) mass is 416 g/mol. The van der Waals surface area contributed by atoms with Crippen LogP contribution in [0.3, 0.4) is 0 Å². The summed E-state index contributed by atoms with van der Waals surface area (Å²) in [5, 5.41) is 4.08. The number of rotatable bonds is 6. The van der Waals surface area contributed by atoms with Crippen molar-refractivity contribution in [3.63, 3.8) is 0 Å². The normalized spacial score (nSPS) is 15.9. The Balaban J connectivity index is 1.54. The van der Waals surface area contributed by atoms with Gasteiger partial charge in [0.1, 0.15) is 5.82 Å². The van der Waals surface area contributed by atoms with Crippen molar-refractivity contribution in [2.45, 2.75) is 23.9 Å². The van der Waals surface area contributed by atoms with Gasteiger partial charge in [0.2, 0.25) is 10.0 Å². The van der Waals surface area contributed by atoms with Gasteiger partial charge in [-0.3, -0.25) is 4.90 Å². The first-order valence-corrected chi connectivity index (χ1v) is 11.5. The highest BCUT2D eigenvalue weighted by Gasteiger charge is 2.27. The molecule has 1 aliphatic heterocycles. The van der Waals surface area contributed by atoms with Gasteiger partial charge in [-0.25, -0.2) is 17.5 Å². The maximum Gasteiger partial charge on any atom is 0.240 e. The maximum absolute atomic E-state index is 13.1. The van der Waals surface area contributed by atoms with Crippen LogP contribution in [0.5, 0.6) is 0 Å². The molecule has 7 heteroatoms. The molecule has 2 aromatic carbocycles. The second-order valence-corrected chi connectivity index (χ2v) is 9.41. The highest BCUT2D eigenvalue weighted by atomic mass is 32.2. The van der Waals surface area contributed by atoms with Crippen LogP contribution >= 0.6 is 11.3 Å². The second-order valence-electron chi connectivity index (χ2n) is 6.87. The molecule has 4 rings (SSSR count). The predicted molar refractivity (Wildman–Crippen MR) is 109 cm³/mol. The molecule has 1 N–H and O–H groups in total. The molecule has 0 amide bonds. The Kier molecular flexibility index (Phi) is 5.59. The Labute approximate surface area is 168 Å². The SMILES string of the molecule is O=S(=O)(NCC(c1ccsc1)N1CCc2ccccc2C1)c1ccc(F)cc1. The third-order valence-corrected chi connectivity index (χ3v) is 7.26. The van der Waals surface area contributed by atoms with Crippen molar-refractivity contribution >= 4 is 21.4 Å². The van der Waals surface area contributed by atoms with Crippen molar-refractivity contribution in [3.05, 3.63) is 87.9 Å². The van der Waals surface area contributed by atoms with Crippen LogP contribution in [0.2, 0.25) is 0 Å². The third-order valence-electron chi connectivity index (χ3n) is 5.12. The largest absolute Gasteiger partial charge is 0.290 e. The number of hydrogen-bond acceptors (Lipinski definition) is 4. The highest BCUT2D eigenvalue weighted by molar-refractivity contribution is 7.89. The first-order chi connectivity index (χ1) is 13.5. The average molecular weight is 417 g/mol. The maximum atomic E-state index is 13.1. The van der Waals surface area contributed by atoms with Gasteiger partial charge in [0.25, 0.3) is 0 Å². The molecule has 0 fully saturated rings. The minimum Gasteiger partial charge on any atom is -0.290 e. The minimum atomic E-state index is -3.70. The molecule has 28 heavy (non-hydrogen) atoms. The molecule has 3 aromatic rings. The molecule has 1 atom stereocenters. The Bertz CT molecular complexity index is 1030. The fraction of sp³-hybridized carbons (Fsp3) is 0.238. The van der Waals surface area contributed by atoms with Crippen LogP contribution < -0.4 is 4.72 Å². The van der Waals surface area contributed by atoms with Crippen LogP contribution in [-0.2, 0) is 23.0 Å². The third kappa shape index (κ3) is 4.17. The van der Waals surface area contributed by atoms with Crippen molar-refractivity contribution in [3.8, 4) is 0 Å². The van der Waals surface area contributed by atoms with Gasteiger partial charge in [-0.05, 0) is 64.2 Å². The molecule has 0 aliphatic carbocycles. The average Bonchev–Trinajstić information content (AvgIpc) is 3.23. The number of hydrogen-bond donors (Lipinski definition) is 1. The minimum absolute atomic E-state index is 0.0603. The second kappa shape index (κ2) is 8.13. The Morgan fingerprint density at radius 3 is 2.54 bits per heavy atom. The Hall–Kier alpha value is -2.06. The standard InChI is InChI=1S/C21H21FN2O2S2/c22-19-5-7-20(8-6-19)28(25,26)23-13-21(18-10-12-27-15-18)24-11-9-16-3-1-2-4-17(16)14-24/h1-8,10,12,15,21,23H,9,11,13-14H2. The molecule has 0 saturated heterocycles. The van der Waals surface area contributed by atoms with Crippen LogP contribution in [-0.4, -0.2) is 26.4 Å². The number of sulfonamides is 1. The number of thiophene rings is 1. The van der Waals surface area contributed by atoms with E-state index >= 15 is 0 Å². The smallest absolute Gasteiger partial charge is 0.240 e. The summed E-state index contributed by atoms with van der Waals surface area (Å²) in [6.45, 7) is 1.92. The zero-order chi connectivity index (χ0) is 19.6. The summed E-state index contributed by atoms with van der Waals surface area (Å²) in [6.07, 6.45) is 0.946. The molecule has 4 nitrogen and oxygen atoms in total. The van der Waals surface area contributed by atoms with Crippen LogP contribution in [0.25, 0.3) is 0 Å². The number of nitrogens with zero attached hydrogens (tertiary/aromatic N) is 1. The number of halogens is 1. The van der Waals surface area contributed by atoms with Crippen LogP contribution in [0.1, 0.15) is 22.7 Å². The van der Waals surface area contributed by atoms with E-state index in [0.717, 1.165) is 37.2 Å². The molecular formula is C21H21FN2O2S2. The zero-order valence-corrected chi connectivity index (χ0v) is 16.8. The van der Waals surface area contributed by atoms with Crippen molar-refractivity contribution in [1.82, 2.24) is 9.62 Å². The van der Waals surface area contributed by atoms with E-state index in [1.807, 2.05) is 17.5 Å². The summed E-state index contributed by atoms with van der Waals surface area (Å²) in [4.78, 5) is 2.39. The van der Waals surface area contributed by atoms with Crippen LogP contribution in [0, 0.1) is 5.82 Å². The van der Waals surface area contributed by atoms with Gasteiger partial charge in [0, 0.05) is 25.7 Å². The predicted octanol–water partition coefficient (Wildman–Crippen LogP) is 3.97. The zero-order valence-electron chi connectivity index (χ0n) is 15.2. The summed E-state index contributed by atoms with van der Waals surface area (Å²) in [6, 6.07) is 15.3. The number of fused-ring (bicyclic) bond motifs is 1. The molecule has 0 spiro atoms. The fourth-order valence-corrected chi connectivity index (χ4v) is 5.34. The van der Waals surface area contributed by atoms with Gasteiger partial charge < -0.3 is 0 Å². The molecule has 146 valence electrons. The first kappa shape index (κ1) is 19.3. The fourth-order valence-electron chi connectivity index (χ4n) is 3.59. The first-order valence-electron chi connectivity index (χ1n) is 9.11. The summed E-state index contributed by atoms with van der Waals surface area (Å²) in [5.41, 5.74) is 3.75. The lowest BCUT2D eigenvalue weighted by Gasteiger charge is -2.35. The lowest BCUT2D eigenvalue weighted by atomic mass is 9.97. The van der Waals surface area contributed by atoms with Crippen LogP contribution in [0.4, 0.5) is 4.39 Å². The van der Waals surface area contributed by atoms with E-state index in [1.165, 1.54) is 23.3 Å². The molecule has 0 saturated carbocycles. The quantitative estimate of drug-likeness (QED) is 0.662. The lowest BCUT2D eigenvalue weighted by molar-refractivity contribution is 0.181. The van der Waals surface area contributed by atoms with Gasteiger partial charge in [-0.2, -0.15) is 11.3 Å². The molecule has 2 heterocycles. The Morgan fingerprint density at radius 2 is 1.82 bits per heavy atom. The van der Waals surface area contributed by atoms with Crippen molar-refractivity contribution in [2.24, 2.45) is 0 Å². The molecule has 0 radical (unpaired) electrons. The van der Waals surface area contributed by atoms with Gasteiger partial charge in [0.15, 0.2) is 0 Å². The van der Waals surface area contributed by atoms with E-state index in [4.69, 9.17) is 0 Å². The van der Waals surface area contributed by atoms with E-state index in [0.29, 0.717) is 0 Å². The summed E-state index contributed by atoms with van der Waals surface area (Å²) >= 11 is 1.60. The van der Waals surface area contributed by atoms with Gasteiger partial charge in [-0.1, -0.05) is 24.3 Å². The topological polar surface area (TPSA) is 49.4 Å².